The minimum absolute atomic E-state index is 0.183. The molecule has 0 aliphatic heterocycles. The average molecular weight is 356 g/mol. The first kappa shape index (κ1) is 18.8. The Balaban J connectivity index is 1.89. The van der Waals surface area contributed by atoms with E-state index in [0.29, 0.717) is 17.1 Å². The Morgan fingerprint density at radius 3 is 2.72 bits per heavy atom. The largest absolute Gasteiger partial charge is 0.357 e. The second-order valence-corrected chi connectivity index (χ2v) is 6.37. The highest BCUT2D eigenvalue weighted by molar-refractivity contribution is 7.99. The number of halogens is 1. The number of aliphatic imine (C=N–C) groups is 1. The first-order chi connectivity index (χ1) is 12.2. The van der Waals surface area contributed by atoms with Crippen molar-refractivity contribution in [3.05, 3.63) is 65.5 Å². The van der Waals surface area contributed by atoms with Gasteiger partial charge in [-0.2, -0.15) is 5.26 Å². The highest BCUT2D eigenvalue weighted by Crippen LogP contribution is 2.15. The number of hydrogen-bond donors (Lipinski definition) is 2. The Labute approximate surface area is 152 Å². The van der Waals surface area contributed by atoms with Gasteiger partial charge in [-0.3, -0.25) is 0 Å². The molecule has 2 rings (SSSR count). The molecule has 0 fully saturated rings. The third-order valence-corrected chi connectivity index (χ3v) is 4.35. The third-order valence-electron chi connectivity index (χ3n) is 3.33. The molecular formula is C19H21FN4S. The van der Waals surface area contributed by atoms with Crippen molar-refractivity contribution in [1.29, 1.82) is 5.26 Å². The molecule has 0 aliphatic rings. The summed E-state index contributed by atoms with van der Waals surface area (Å²) in [5.74, 6) is 1.18. The quantitative estimate of drug-likeness (QED) is 0.345. The number of rotatable bonds is 7. The van der Waals surface area contributed by atoms with Crippen molar-refractivity contribution < 1.29 is 4.39 Å². The van der Waals surface area contributed by atoms with E-state index >= 15 is 0 Å². The molecule has 25 heavy (non-hydrogen) atoms. The van der Waals surface area contributed by atoms with Gasteiger partial charge in [0.15, 0.2) is 5.96 Å². The summed E-state index contributed by atoms with van der Waals surface area (Å²) >= 11 is 1.76. The fraction of sp³-hybridized carbons (Fsp3) is 0.263. The Morgan fingerprint density at radius 1 is 1.20 bits per heavy atom. The second kappa shape index (κ2) is 10.4. The summed E-state index contributed by atoms with van der Waals surface area (Å²) in [6.45, 7) is 3.62. The van der Waals surface area contributed by atoms with Gasteiger partial charge in [-0.1, -0.05) is 18.2 Å². The highest BCUT2D eigenvalue weighted by Gasteiger charge is 2.04. The Kier molecular flexibility index (Phi) is 7.80. The van der Waals surface area contributed by atoms with Gasteiger partial charge in [0.1, 0.15) is 5.82 Å². The second-order valence-electron chi connectivity index (χ2n) is 5.20. The lowest BCUT2D eigenvalue weighted by Gasteiger charge is -2.11. The lowest BCUT2D eigenvalue weighted by atomic mass is 10.1. The normalized spacial score (nSPS) is 11.0. The van der Waals surface area contributed by atoms with Gasteiger partial charge in [-0.05, 0) is 37.3 Å². The van der Waals surface area contributed by atoms with Crippen molar-refractivity contribution >= 4 is 17.7 Å². The molecule has 0 bridgehead atoms. The number of thioether (sulfide) groups is 1. The molecule has 0 heterocycles. The fourth-order valence-corrected chi connectivity index (χ4v) is 2.92. The first-order valence-electron chi connectivity index (χ1n) is 8.11. The van der Waals surface area contributed by atoms with E-state index in [1.165, 1.54) is 23.1 Å². The van der Waals surface area contributed by atoms with Gasteiger partial charge in [0.05, 0.1) is 18.2 Å². The molecule has 2 aromatic rings. The molecule has 6 heteroatoms. The van der Waals surface area contributed by atoms with Crippen LogP contribution in [0.1, 0.15) is 18.1 Å². The summed E-state index contributed by atoms with van der Waals surface area (Å²) in [7, 11) is 0. The molecule has 0 saturated carbocycles. The van der Waals surface area contributed by atoms with Crippen molar-refractivity contribution in [3.8, 4) is 6.07 Å². The van der Waals surface area contributed by atoms with Gasteiger partial charge in [0.2, 0.25) is 0 Å². The molecule has 0 aliphatic carbocycles. The van der Waals surface area contributed by atoms with E-state index in [1.54, 1.807) is 11.8 Å². The monoisotopic (exact) mass is 356 g/mol. The Hall–Kier alpha value is -2.52. The maximum Gasteiger partial charge on any atom is 0.191 e. The minimum atomic E-state index is -0.349. The number of hydrogen-bond acceptors (Lipinski definition) is 3. The zero-order valence-corrected chi connectivity index (χ0v) is 14.9. The number of guanidine groups is 1. The van der Waals surface area contributed by atoms with Crippen LogP contribution in [0.5, 0.6) is 0 Å². The van der Waals surface area contributed by atoms with Crippen molar-refractivity contribution in [1.82, 2.24) is 10.6 Å². The maximum absolute atomic E-state index is 13.8. The highest BCUT2D eigenvalue weighted by atomic mass is 32.2. The van der Waals surface area contributed by atoms with Crippen LogP contribution in [0.3, 0.4) is 0 Å². The summed E-state index contributed by atoms with van der Waals surface area (Å²) < 4.78 is 13.8. The Morgan fingerprint density at radius 2 is 2.00 bits per heavy atom. The maximum atomic E-state index is 13.8. The molecule has 0 amide bonds. The van der Waals surface area contributed by atoms with Crippen LogP contribution in [0.15, 0.2) is 58.4 Å². The van der Waals surface area contributed by atoms with Gasteiger partial charge < -0.3 is 10.6 Å². The minimum Gasteiger partial charge on any atom is -0.357 e. The van der Waals surface area contributed by atoms with E-state index in [9.17, 15) is 4.39 Å². The zero-order valence-electron chi connectivity index (χ0n) is 14.1. The number of nitrogens with one attached hydrogen (secondary N) is 2. The molecular weight excluding hydrogens is 335 g/mol. The lowest BCUT2D eigenvalue weighted by Crippen LogP contribution is -2.38. The molecule has 0 radical (unpaired) electrons. The van der Waals surface area contributed by atoms with Crippen LogP contribution in [-0.2, 0) is 6.54 Å². The van der Waals surface area contributed by atoms with Crippen LogP contribution in [0, 0.1) is 17.1 Å². The summed E-state index contributed by atoms with van der Waals surface area (Å²) in [5, 5.41) is 15.3. The van der Waals surface area contributed by atoms with Crippen LogP contribution in [0.2, 0.25) is 0 Å². The van der Waals surface area contributed by atoms with E-state index in [4.69, 9.17) is 5.26 Å². The summed E-state index contributed by atoms with van der Waals surface area (Å²) in [5.41, 5.74) is 0.846. The molecule has 2 aromatic carbocycles. The van der Waals surface area contributed by atoms with Gasteiger partial charge in [0.25, 0.3) is 0 Å². The van der Waals surface area contributed by atoms with Gasteiger partial charge in [-0.25, -0.2) is 9.38 Å². The molecule has 0 aromatic heterocycles. The smallest absolute Gasteiger partial charge is 0.191 e. The summed E-state index contributed by atoms with van der Waals surface area (Å²) in [6.07, 6.45) is 0. The molecule has 0 atom stereocenters. The fourth-order valence-electron chi connectivity index (χ4n) is 2.13. The molecule has 2 N–H and O–H groups in total. The van der Waals surface area contributed by atoms with Crippen molar-refractivity contribution in [2.45, 2.75) is 18.4 Å². The van der Waals surface area contributed by atoms with Gasteiger partial charge in [-0.15, -0.1) is 11.8 Å². The number of nitriles is 1. The first-order valence-corrected chi connectivity index (χ1v) is 9.10. The standard InChI is InChI=1S/C19H21FN4S/c1-2-22-19(23-10-11-25-17-6-4-3-5-7-17)24-14-16-12-15(13-21)8-9-18(16)20/h3-9,12H,2,10-11,14H2,1H3,(H2,22,23,24). The molecule has 0 unspecified atom stereocenters. The van der Waals surface area contributed by atoms with E-state index in [2.05, 4.69) is 27.8 Å². The average Bonchev–Trinajstić information content (AvgIpc) is 2.65. The van der Waals surface area contributed by atoms with Gasteiger partial charge in [0, 0.05) is 29.3 Å². The molecule has 0 saturated heterocycles. The van der Waals surface area contributed by atoms with E-state index in [1.807, 2.05) is 31.2 Å². The topological polar surface area (TPSA) is 60.2 Å². The summed E-state index contributed by atoms with van der Waals surface area (Å²) in [4.78, 5) is 5.62. The van der Waals surface area contributed by atoms with Crippen LogP contribution in [0.25, 0.3) is 0 Å². The van der Waals surface area contributed by atoms with Crippen molar-refractivity contribution in [2.24, 2.45) is 4.99 Å². The third kappa shape index (κ3) is 6.48. The van der Waals surface area contributed by atoms with Crippen molar-refractivity contribution in [2.75, 3.05) is 18.8 Å². The SMILES string of the molecule is CCNC(=NCc1cc(C#N)ccc1F)NCCSc1ccccc1. The van der Waals surface area contributed by atoms with E-state index in [-0.39, 0.29) is 12.4 Å². The summed E-state index contributed by atoms with van der Waals surface area (Å²) in [6, 6.07) is 16.5. The lowest BCUT2D eigenvalue weighted by molar-refractivity contribution is 0.610. The predicted octanol–water partition coefficient (Wildman–Crippen LogP) is 3.54. The van der Waals surface area contributed by atoms with Crippen LogP contribution < -0.4 is 10.6 Å². The van der Waals surface area contributed by atoms with Crippen LogP contribution in [0.4, 0.5) is 4.39 Å². The molecule has 0 spiro atoms. The zero-order chi connectivity index (χ0) is 17.9. The number of benzene rings is 2. The number of nitrogens with zero attached hydrogens (tertiary/aromatic N) is 2. The van der Waals surface area contributed by atoms with Crippen LogP contribution in [-0.4, -0.2) is 24.8 Å². The van der Waals surface area contributed by atoms with Gasteiger partial charge >= 0.3 is 0 Å². The van der Waals surface area contributed by atoms with E-state index < -0.39 is 0 Å². The molecule has 130 valence electrons. The van der Waals surface area contributed by atoms with Crippen molar-refractivity contribution in [3.63, 3.8) is 0 Å². The Bertz CT molecular complexity index is 741. The predicted molar refractivity (Wildman–Crippen MR) is 101 cm³/mol. The van der Waals surface area contributed by atoms with Crippen LogP contribution >= 0.6 is 11.8 Å². The molecule has 4 nitrogen and oxygen atoms in total. The van der Waals surface area contributed by atoms with E-state index in [0.717, 1.165) is 18.8 Å².